The van der Waals surface area contributed by atoms with E-state index < -0.39 is 6.04 Å². The topological polar surface area (TPSA) is 76.4 Å². The maximum absolute atomic E-state index is 12.5. The fraction of sp³-hybridized carbons (Fsp3) is 0.294. The molecule has 0 spiro atoms. The summed E-state index contributed by atoms with van der Waals surface area (Å²) >= 11 is 0. The van der Waals surface area contributed by atoms with E-state index in [0.717, 1.165) is 11.5 Å². The number of carbonyl (C=O) groups is 2. The van der Waals surface area contributed by atoms with Crippen molar-refractivity contribution in [1.29, 1.82) is 0 Å². The van der Waals surface area contributed by atoms with E-state index in [1.165, 1.54) is 4.90 Å². The fourth-order valence-corrected chi connectivity index (χ4v) is 2.66. The van der Waals surface area contributed by atoms with Crippen LogP contribution in [0, 0.1) is 0 Å². The zero-order valence-electron chi connectivity index (χ0n) is 12.9. The number of anilines is 1. The van der Waals surface area contributed by atoms with Gasteiger partial charge in [0.25, 0.3) is 5.91 Å². The summed E-state index contributed by atoms with van der Waals surface area (Å²) < 4.78 is 10.6. The van der Waals surface area contributed by atoms with Gasteiger partial charge in [-0.2, -0.15) is 0 Å². The van der Waals surface area contributed by atoms with Crippen LogP contribution in [-0.4, -0.2) is 24.5 Å². The Kier molecular flexibility index (Phi) is 4.43. The highest BCUT2D eigenvalue weighted by Crippen LogP contribution is 2.24. The lowest BCUT2D eigenvalue weighted by atomic mass is 10.2. The summed E-state index contributed by atoms with van der Waals surface area (Å²) in [6, 6.07) is 10.2. The van der Waals surface area contributed by atoms with Crippen LogP contribution in [0.25, 0.3) is 0 Å². The molecule has 3 rings (SSSR count). The number of nitrogens with two attached hydrogens (primary N) is 1. The molecule has 1 saturated heterocycles. The molecule has 0 saturated carbocycles. The van der Waals surface area contributed by atoms with E-state index in [2.05, 4.69) is 0 Å². The number of carbonyl (C=O) groups excluding carboxylic acids is 2. The molecule has 6 nitrogen and oxygen atoms in total. The van der Waals surface area contributed by atoms with Crippen LogP contribution < -0.4 is 15.0 Å². The van der Waals surface area contributed by atoms with E-state index in [-0.39, 0.29) is 18.2 Å². The number of amides is 2. The molecular formula is C17H19N2O4+. The summed E-state index contributed by atoms with van der Waals surface area (Å²) in [7, 11) is 0. The molecule has 2 aromatic rings. The van der Waals surface area contributed by atoms with E-state index >= 15 is 0 Å². The van der Waals surface area contributed by atoms with E-state index in [1.807, 2.05) is 18.3 Å². The number of nitrogens with zero attached hydrogens (tertiary/aromatic N) is 1. The minimum Gasteiger partial charge on any atom is -0.494 e. The first-order valence-corrected chi connectivity index (χ1v) is 7.64. The van der Waals surface area contributed by atoms with Crippen LogP contribution in [0.15, 0.2) is 47.1 Å². The van der Waals surface area contributed by atoms with Gasteiger partial charge in [-0.05, 0) is 43.3 Å². The molecule has 0 bridgehead atoms. The van der Waals surface area contributed by atoms with E-state index in [1.54, 1.807) is 36.6 Å². The third-order valence-electron chi connectivity index (χ3n) is 3.77. The number of hydrogen-bond donors (Lipinski definition) is 1. The van der Waals surface area contributed by atoms with Gasteiger partial charge in [-0.3, -0.25) is 9.59 Å². The molecule has 23 heavy (non-hydrogen) atoms. The molecule has 2 heterocycles. The Morgan fingerprint density at radius 2 is 2.04 bits per heavy atom. The van der Waals surface area contributed by atoms with Crippen molar-refractivity contribution in [2.75, 3.05) is 11.5 Å². The second kappa shape index (κ2) is 6.66. The van der Waals surface area contributed by atoms with Crippen LogP contribution >= 0.6 is 0 Å². The van der Waals surface area contributed by atoms with E-state index in [9.17, 15) is 9.59 Å². The number of benzene rings is 1. The number of hydrogen-bond acceptors (Lipinski definition) is 4. The molecule has 1 aromatic carbocycles. The third kappa shape index (κ3) is 3.27. The van der Waals surface area contributed by atoms with Gasteiger partial charge in [0.2, 0.25) is 5.91 Å². The van der Waals surface area contributed by atoms with Crippen molar-refractivity contribution >= 4 is 17.5 Å². The van der Waals surface area contributed by atoms with Crippen molar-refractivity contribution in [2.45, 2.75) is 25.9 Å². The largest absolute Gasteiger partial charge is 0.494 e. The minimum absolute atomic E-state index is 0.181. The highest BCUT2D eigenvalue weighted by Gasteiger charge is 2.42. The molecule has 1 atom stereocenters. The van der Waals surface area contributed by atoms with Gasteiger partial charge in [0, 0.05) is 0 Å². The normalized spacial score (nSPS) is 17.8. The first kappa shape index (κ1) is 15.3. The summed E-state index contributed by atoms with van der Waals surface area (Å²) in [5.41, 5.74) is 0.581. The molecule has 1 aromatic heterocycles. The predicted molar refractivity (Wildman–Crippen MR) is 82.8 cm³/mol. The minimum atomic E-state index is -0.404. The molecule has 1 fully saturated rings. The molecule has 1 aliphatic rings. The van der Waals surface area contributed by atoms with Crippen molar-refractivity contribution in [1.82, 2.24) is 0 Å². The molecule has 2 N–H and O–H groups in total. The Hall–Kier alpha value is -2.60. The zero-order chi connectivity index (χ0) is 16.2. The van der Waals surface area contributed by atoms with Gasteiger partial charge < -0.3 is 14.5 Å². The fourth-order valence-electron chi connectivity index (χ4n) is 2.66. The van der Waals surface area contributed by atoms with Crippen molar-refractivity contribution in [3.05, 3.63) is 48.4 Å². The second-order valence-corrected chi connectivity index (χ2v) is 5.32. The summed E-state index contributed by atoms with van der Waals surface area (Å²) in [5, 5.41) is 1.84. The monoisotopic (exact) mass is 315 g/mol. The summed E-state index contributed by atoms with van der Waals surface area (Å²) in [5.74, 6) is 1.13. The molecule has 120 valence electrons. The maximum Gasteiger partial charge on any atom is 0.292 e. The van der Waals surface area contributed by atoms with Gasteiger partial charge in [-0.25, -0.2) is 4.90 Å². The molecule has 0 radical (unpaired) electrons. The molecule has 1 aliphatic heterocycles. The van der Waals surface area contributed by atoms with Crippen LogP contribution in [0.1, 0.15) is 19.1 Å². The predicted octanol–water partition coefficient (Wildman–Crippen LogP) is 1.07. The molecule has 1 unspecified atom stereocenters. The lowest BCUT2D eigenvalue weighted by Crippen LogP contribution is -2.90. The number of quaternary nitrogens is 1. The van der Waals surface area contributed by atoms with Crippen molar-refractivity contribution in [3.63, 3.8) is 0 Å². The SMILES string of the molecule is CCOc1ccc(N2C(=O)CC([NH2+]Cc3ccco3)C2=O)cc1. The van der Waals surface area contributed by atoms with Crippen molar-refractivity contribution in [3.8, 4) is 5.75 Å². The van der Waals surface area contributed by atoms with Gasteiger partial charge in [0.1, 0.15) is 12.3 Å². The Balaban J connectivity index is 1.68. The number of rotatable bonds is 6. The van der Waals surface area contributed by atoms with Crippen LogP contribution in [0.2, 0.25) is 0 Å². The Morgan fingerprint density at radius 1 is 1.26 bits per heavy atom. The molecule has 6 heteroatoms. The van der Waals surface area contributed by atoms with Gasteiger partial charge in [0.05, 0.1) is 25.0 Å². The summed E-state index contributed by atoms with van der Waals surface area (Å²) in [6.07, 6.45) is 1.80. The van der Waals surface area contributed by atoms with E-state index in [0.29, 0.717) is 18.8 Å². The Bertz CT molecular complexity index is 679. The molecule has 2 amide bonds. The zero-order valence-corrected chi connectivity index (χ0v) is 12.9. The standard InChI is InChI=1S/C17H18N2O4/c1-2-22-13-7-5-12(6-8-13)19-16(20)10-15(17(19)21)18-11-14-4-3-9-23-14/h3-9,15,18H,2,10-11H2,1H3/p+1. The molecular weight excluding hydrogens is 296 g/mol. The number of furan rings is 1. The summed E-state index contributed by atoms with van der Waals surface area (Å²) in [6.45, 7) is 3.01. The first-order valence-electron chi connectivity index (χ1n) is 7.64. The van der Waals surface area contributed by atoms with Gasteiger partial charge in [-0.15, -0.1) is 0 Å². The van der Waals surface area contributed by atoms with Gasteiger partial charge >= 0.3 is 0 Å². The molecule has 0 aliphatic carbocycles. The van der Waals surface area contributed by atoms with Crippen LogP contribution in [-0.2, 0) is 16.1 Å². The Morgan fingerprint density at radius 3 is 2.70 bits per heavy atom. The average molecular weight is 315 g/mol. The van der Waals surface area contributed by atoms with Crippen LogP contribution in [0.5, 0.6) is 5.75 Å². The smallest absolute Gasteiger partial charge is 0.292 e. The summed E-state index contributed by atoms with van der Waals surface area (Å²) in [4.78, 5) is 25.9. The maximum atomic E-state index is 12.5. The highest BCUT2D eigenvalue weighted by atomic mass is 16.5. The average Bonchev–Trinajstić information content (AvgIpc) is 3.15. The second-order valence-electron chi connectivity index (χ2n) is 5.32. The van der Waals surface area contributed by atoms with Crippen molar-refractivity contribution < 1.29 is 24.1 Å². The quantitative estimate of drug-likeness (QED) is 0.809. The van der Waals surface area contributed by atoms with E-state index in [4.69, 9.17) is 9.15 Å². The van der Waals surface area contributed by atoms with Crippen LogP contribution in [0.4, 0.5) is 5.69 Å². The first-order chi connectivity index (χ1) is 11.2. The lowest BCUT2D eigenvalue weighted by Gasteiger charge is -2.14. The Labute approximate surface area is 134 Å². The van der Waals surface area contributed by atoms with Gasteiger partial charge in [0.15, 0.2) is 11.8 Å². The van der Waals surface area contributed by atoms with Gasteiger partial charge in [-0.1, -0.05) is 0 Å². The lowest BCUT2D eigenvalue weighted by molar-refractivity contribution is -0.691. The van der Waals surface area contributed by atoms with Crippen molar-refractivity contribution in [2.24, 2.45) is 0 Å². The highest BCUT2D eigenvalue weighted by molar-refractivity contribution is 6.21. The number of imide groups is 1. The number of ether oxygens (including phenoxy) is 1. The van der Waals surface area contributed by atoms with Crippen LogP contribution in [0.3, 0.4) is 0 Å². The third-order valence-corrected chi connectivity index (χ3v) is 3.77.